The lowest BCUT2D eigenvalue weighted by atomic mass is 10.3. The molecule has 1 saturated heterocycles. The number of thiazole rings is 1. The van der Waals surface area contributed by atoms with Crippen molar-refractivity contribution < 1.29 is 9.59 Å². The fourth-order valence-corrected chi connectivity index (χ4v) is 2.46. The predicted molar refractivity (Wildman–Crippen MR) is 68.1 cm³/mol. The van der Waals surface area contributed by atoms with Gasteiger partial charge in [-0.2, -0.15) is 0 Å². The Kier molecular flexibility index (Phi) is 4.27. The summed E-state index contributed by atoms with van der Waals surface area (Å²) in [5.74, 6) is -0.983. The van der Waals surface area contributed by atoms with Gasteiger partial charge in [-0.3, -0.25) is 9.59 Å². The zero-order chi connectivity index (χ0) is 13.0. The molecule has 0 unspecified atom stereocenters. The van der Waals surface area contributed by atoms with E-state index in [2.05, 4.69) is 15.6 Å². The summed E-state index contributed by atoms with van der Waals surface area (Å²) in [5.41, 5.74) is 2.63. The standard InChI is InChI=1S/C11H16N4O2S/c1-8-9(18-7-14-8)6-13-10(16)11(17)15-4-2-12-3-5-15/h7,12H,2-6H2,1H3,(H,13,16). The first-order valence-corrected chi connectivity index (χ1v) is 6.73. The molecule has 1 aliphatic rings. The second-order valence-electron chi connectivity index (χ2n) is 4.09. The highest BCUT2D eigenvalue weighted by atomic mass is 32.1. The van der Waals surface area contributed by atoms with Crippen LogP contribution in [0.4, 0.5) is 0 Å². The molecule has 2 amide bonds. The smallest absolute Gasteiger partial charge is 0.311 e. The van der Waals surface area contributed by atoms with Crippen LogP contribution in [0.5, 0.6) is 0 Å². The summed E-state index contributed by atoms with van der Waals surface area (Å²) in [6.45, 7) is 4.92. The second-order valence-corrected chi connectivity index (χ2v) is 5.03. The number of carbonyl (C=O) groups is 2. The fraction of sp³-hybridized carbons (Fsp3) is 0.545. The summed E-state index contributed by atoms with van der Waals surface area (Å²) in [6, 6.07) is 0. The maximum absolute atomic E-state index is 11.8. The molecule has 1 fully saturated rings. The van der Waals surface area contributed by atoms with E-state index in [0.717, 1.165) is 23.7 Å². The Bertz CT molecular complexity index is 440. The highest BCUT2D eigenvalue weighted by Crippen LogP contribution is 2.11. The van der Waals surface area contributed by atoms with E-state index >= 15 is 0 Å². The number of aryl methyl sites for hydroxylation is 1. The van der Waals surface area contributed by atoms with Gasteiger partial charge in [0.05, 0.1) is 17.7 Å². The number of rotatable bonds is 2. The Balaban J connectivity index is 1.84. The van der Waals surface area contributed by atoms with E-state index < -0.39 is 11.8 Å². The summed E-state index contributed by atoms with van der Waals surface area (Å²) in [5, 5.41) is 5.78. The van der Waals surface area contributed by atoms with E-state index in [1.54, 1.807) is 10.4 Å². The van der Waals surface area contributed by atoms with Crippen LogP contribution in [0.2, 0.25) is 0 Å². The van der Waals surface area contributed by atoms with Gasteiger partial charge in [0.2, 0.25) is 0 Å². The molecule has 1 aromatic rings. The molecule has 1 aliphatic heterocycles. The van der Waals surface area contributed by atoms with Crippen molar-refractivity contribution in [3.05, 3.63) is 16.1 Å². The maximum atomic E-state index is 11.8. The number of aromatic nitrogens is 1. The lowest BCUT2D eigenvalue weighted by Crippen LogP contribution is -2.51. The number of nitrogens with zero attached hydrogens (tertiary/aromatic N) is 2. The predicted octanol–water partition coefficient (Wildman–Crippen LogP) is -0.500. The minimum Gasteiger partial charge on any atom is -0.343 e. The Morgan fingerprint density at radius 1 is 1.50 bits per heavy atom. The molecule has 98 valence electrons. The SMILES string of the molecule is Cc1ncsc1CNC(=O)C(=O)N1CCNCC1. The molecule has 7 heteroatoms. The molecule has 2 rings (SSSR count). The summed E-state index contributed by atoms with van der Waals surface area (Å²) in [7, 11) is 0. The third kappa shape index (κ3) is 3.05. The van der Waals surface area contributed by atoms with Gasteiger partial charge in [-0.1, -0.05) is 0 Å². The molecule has 0 spiro atoms. The van der Waals surface area contributed by atoms with Crippen LogP contribution in [-0.2, 0) is 16.1 Å². The lowest BCUT2D eigenvalue weighted by Gasteiger charge is -2.26. The minimum absolute atomic E-state index is 0.368. The molecule has 2 N–H and O–H groups in total. The Labute approximate surface area is 109 Å². The normalized spacial score (nSPS) is 15.5. The number of hydrogen-bond acceptors (Lipinski definition) is 5. The zero-order valence-electron chi connectivity index (χ0n) is 10.2. The van der Waals surface area contributed by atoms with Crippen LogP contribution in [-0.4, -0.2) is 47.9 Å². The number of piperazine rings is 1. The Morgan fingerprint density at radius 2 is 2.22 bits per heavy atom. The van der Waals surface area contributed by atoms with Crippen molar-refractivity contribution >= 4 is 23.2 Å². The van der Waals surface area contributed by atoms with Gasteiger partial charge in [-0.25, -0.2) is 4.98 Å². The van der Waals surface area contributed by atoms with Crippen molar-refractivity contribution in [2.24, 2.45) is 0 Å². The minimum atomic E-state index is -0.537. The van der Waals surface area contributed by atoms with Gasteiger partial charge in [0.25, 0.3) is 0 Å². The summed E-state index contributed by atoms with van der Waals surface area (Å²) in [4.78, 5) is 30.2. The molecular weight excluding hydrogens is 252 g/mol. The molecule has 0 atom stereocenters. The molecule has 0 saturated carbocycles. The van der Waals surface area contributed by atoms with Crippen molar-refractivity contribution in [3.8, 4) is 0 Å². The van der Waals surface area contributed by atoms with Crippen LogP contribution in [0.3, 0.4) is 0 Å². The van der Waals surface area contributed by atoms with Crippen LogP contribution >= 0.6 is 11.3 Å². The van der Waals surface area contributed by atoms with Crippen molar-refractivity contribution in [2.75, 3.05) is 26.2 Å². The highest BCUT2D eigenvalue weighted by Gasteiger charge is 2.22. The number of amides is 2. The number of carbonyl (C=O) groups excluding carboxylic acids is 2. The van der Waals surface area contributed by atoms with E-state index in [1.807, 2.05) is 6.92 Å². The van der Waals surface area contributed by atoms with Crippen LogP contribution < -0.4 is 10.6 Å². The van der Waals surface area contributed by atoms with E-state index in [-0.39, 0.29) is 0 Å². The first-order chi connectivity index (χ1) is 8.68. The first-order valence-electron chi connectivity index (χ1n) is 5.85. The highest BCUT2D eigenvalue weighted by molar-refractivity contribution is 7.09. The number of nitrogens with one attached hydrogen (secondary N) is 2. The first kappa shape index (κ1) is 13.0. The second kappa shape index (κ2) is 5.92. The molecule has 0 bridgehead atoms. The Morgan fingerprint density at radius 3 is 2.83 bits per heavy atom. The largest absolute Gasteiger partial charge is 0.343 e. The average Bonchev–Trinajstić information content (AvgIpc) is 2.81. The van der Waals surface area contributed by atoms with Crippen molar-refractivity contribution in [2.45, 2.75) is 13.5 Å². The quantitative estimate of drug-likeness (QED) is 0.709. The van der Waals surface area contributed by atoms with E-state index in [9.17, 15) is 9.59 Å². The van der Waals surface area contributed by atoms with Gasteiger partial charge in [0.15, 0.2) is 0 Å². The van der Waals surface area contributed by atoms with Crippen LogP contribution in [0, 0.1) is 6.92 Å². The van der Waals surface area contributed by atoms with Gasteiger partial charge in [-0.15, -0.1) is 11.3 Å². The van der Waals surface area contributed by atoms with E-state index in [4.69, 9.17) is 0 Å². The summed E-state index contributed by atoms with van der Waals surface area (Å²) < 4.78 is 0. The van der Waals surface area contributed by atoms with Crippen molar-refractivity contribution in [3.63, 3.8) is 0 Å². The Hall–Kier alpha value is -1.47. The molecule has 0 radical (unpaired) electrons. The summed E-state index contributed by atoms with van der Waals surface area (Å²) >= 11 is 1.48. The molecular formula is C11H16N4O2S. The number of hydrogen-bond donors (Lipinski definition) is 2. The summed E-state index contributed by atoms with van der Waals surface area (Å²) in [6.07, 6.45) is 0. The molecule has 0 aromatic carbocycles. The molecule has 1 aromatic heterocycles. The van der Waals surface area contributed by atoms with E-state index in [1.165, 1.54) is 11.3 Å². The van der Waals surface area contributed by atoms with Gasteiger partial charge >= 0.3 is 11.8 Å². The van der Waals surface area contributed by atoms with Crippen LogP contribution in [0.1, 0.15) is 10.6 Å². The van der Waals surface area contributed by atoms with Crippen molar-refractivity contribution in [1.29, 1.82) is 0 Å². The molecule has 6 nitrogen and oxygen atoms in total. The lowest BCUT2D eigenvalue weighted by molar-refractivity contribution is -0.146. The molecule has 18 heavy (non-hydrogen) atoms. The third-order valence-corrected chi connectivity index (χ3v) is 3.79. The molecule has 2 heterocycles. The van der Waals surface area contributed by atoms with Gasteiger partial charge in [0, 0.05) is 31.1 Å². The van der Waals surface area contributed by atoms with Crippen LogP contribution in [0.15, 0.2) is 5.51 Å². The fourth-order valence-electron chi connectivity index (χ4n) is 1.74. The van der Waals surface area contributed by atoms with Gasteiger partial charge < -0.3 is 15.5 Å². The topological polar surface area (TPSA) is 74.3 Å². The maximum Gasteiger partial charge on any atom is 0.311 e. The zero-order valence-corrected chi connectivity index (χ0v) is 11.0. The van der Waals surface area contributed by atoms with Gasteiger partial charge in [0.1, 0.15) is 0 Å². The molecule has 0 aliphatic carbocycles. The van der Waals surface area contributed by atoms with Crippen LogP contribution in [0.25, 0.3) is 0 Å². The van der Waals surface area contributed by atoms with Crippen molar-refractivity contribution in [1.82, 2.24) is 20.5 Å². The van der Waals surface area contributed by atoms with E-state index in [0.29, 0.717) is 19.6 Å². The van der Waals surface area contributed by atoms with Gasteiger partial charge in [-0.05, 0) is 6.92 Å². The third-order valence-electron chi connectivity index (χ3n) is 2.85. The monoisotopic (exact) mass is 268 g/mol. The average molecular weight is 268 g/mol.